The monoisotopic (exact) mass is 335 g/mol. The van der Waals surface area contributed by atoms with Crippen molar-refractivity contribution in [2.75, 3.05) is 33.3 Å². The van der Waals surface area contributed by atoms with Gasteiger partial charge in [0.1, 0.15) is 11.8 Å². The Balaban J connectivity index is 2.15. The zero-order valence-electron chi connectivity index (χ0n) is 14.3. The maximum absolute atomic E-state index is 9.68. The first-order valence-electron chi connectivity index (χ1n) is 8.36. The number of benzene rings is 1. The van der Waals surface area contributed by atoms with Crippen LogP contribution < -0.4 is 4.74 Å². The van der Waals surface area contributed by atoms with Gasteiger partial charge < -0.3 is 9.64 Å². The second-order valence-electron chi connectivity index (χ2n) is 6.11. The number of rotatable bonds is 6. The molecule has 126 valence electrons. The number of halogens is 1. The quantitative estimate of drug-likeness (QED) is 0.794. The van der Waals surface area contributed by atoms with Crippen molar-refractivity contribution in [1.29, 1.82) is 5.26 Å². The molecular weight excluding hydrogens is 310 g/mol. The van der Waals surface area contributed by atoms with Crippen LogP contribution in [0.5, 0.6) is 5.75 Å². The summed E-state index contributed by atoms with van der Waals surface area (Å²) >= 11 is 6.32. The maximum Gasteiger partial charge on any atom is 0.137 e. The third-order valence-corrected chi connectivity index (χ3v) is 4.80. The highest BCUT2D eigenvalue weighted by molar-refractivity contribution is 6.32. The molecule has 1 heterocycles. The molecule has 0 aromatic heterocycles. The van der Waals surface area contributed by atoms with E-state index in [0.29, 0.717) is 23.4 Å². The highest BCUT2D eigenvalue weighted by atomic mass is 35.5. The Hall–Kier alpha value is -1.28. The standard InChI is InChI=1S/C18H26ClN3O/c1-4-10-23-18-7-6-14(11-16(18)19)17(12-20)22-9-8-21(3)15(5-2)13-22/h6-7,11,15,17H,4-5,8-10,13H2,1-3H3. The van der Waals surface area contributed by atoms with Gasteiger partial charge in [-0.05, 0) is 37.6 Å². The van der Waals surface area contributed by atoms with Gasteiger partial charge in [-0.3, -0.25) is 4.90 Å². The third-order valence-electron chi connectivity index (χ3n) is 4.50. The summed E-state index contributed by atoms with van der Waals surface area (Å²) in [6.07, 6.45) is 2.04. The molecule has 23 heavy (non-hydrogen) atoms. The highest BCUT2D eigenvalue weighted by Gasteiger charge is 2.29. The van der Waals surface area contributed by atoms with Crippen LogP contribution in [0.15, 0.2) is 18.2 Å². The molecule has 1 aromatic rings. The molecule has 0 saturated carbocycles. The molecule has 0 spiro atoms. The van der Waals surface area contributed by atoms with Crippen LogP contribution in [0.1, 0.15) is 38.3 Å². The second-order valence-corrected chi connectivity index (χ2v) is 6.51. The molecule has 2 atom stereocenters. The minimum atomic E-state index is -0.254. The van der Waals surface area contributed by atoms with Gasteiger partial charge in [-0.2, -0.15) is 5.26 Å². The number of likely N-dealkylation sites (N-methyl/N-ethyl adjacent to an activating group) is 1. The fraction of sp³-hybridized carbons (Fsp3) is 0.611. The zero-order chi connectivity index (χ0) is 16.8. The molecule has 1 aromatic carbocycles. The van der Waals surface area contributed by atoms with Crippen molar-refractivity contribution in [3.8, 4) is 11.8 Å². The van der Waals surface area contributed by atoms with Crippen LogP contribution >= 0.6 is 11.6 Å². The van der Waals surface area contributed by atoms with Gasteiger partial charge >= 0.3 is 0 Å². The molecule has 0 bridgehead atoms. The van der Waals surface area contributed by atoms with Gasteiger partial charge in [-0.25, -0.2) is 0 Å². The van der Waals surface area contributed by atoms with Crippen LogP contribution in [0.4, 0.5) is 0 Å². The Labute approximate surface area is 144 Å². The van der Waals surface area contributed by atoms with E-state index < -0.39 is 0 Å². The number of ether oxygens (including phenoxy) is 1. The molecule has 0 N–H and O–H groups in total. The molecule has 1 fully saturated rings. The van der Waals surface area contributed by atoms with Crippen molar-refractivity contribution in [2.24, 2.45) is 0 Å². The predicted molar refractivity (Wildman–Crippen MR) is 93.9 cm³/mol. The van der Waals surface area contributed by atoms with Crippen LogP contribution in [0.3, 0.4) is 0 Å². The van der Waals surface area contributed by atoms with Gasteiger partial charge in [0.05, 0.1) is 17.7 Å². The first-order valence-corrected chi connectivity index (χ1v) is 8.74. The molecule has 1 saturated heterocycles. The summed E-state index contributed by atoms with van der Waals surface area (Å²) in [6.45, 7) is 7.71. The zero-order valence-corrected chi connectivity index (χ0v) is 15.0. The molecular formula is C18H26ClN3O. The van der Waals surface area contributed by atoms with E-state index in [9.17, 15) is 5.26 Å². The van der Waals surface area contributed by atoms with E-state index in [1.807, 2.05) is 18.2 Å². The van der Waals surface area contributed by atoms with Gasteiger partial charge in [0, 0.05) is 25.7 Å². The summed E-state index contributed by atoms with van der Waals surface area (Å²) < 4.78 is 5.61. The van der Waals surface area contributed by atoms with Gasteiger partial charge in [0.25, 0.3) is 0 Å². The van der Waals surface area contributed by atoms with Crippen molar-refractivity contribution < 1.29 is 4.74 Å². The normalized spacial score (nSPS) is 20.9. The van der Waals surface area contributed by atoms with Crippen molar-refractivity contribution in [2.45, 2.75) is 38.8 Å². The molecule has 4 nitrogen and oxygen atoms in total. The van der Waals surface area contributed by atoms with Gasteiger partial charge in [0.2, 0.25) is 0 Å². The number of piperazine rings is 1. The summed E-state index contributed by atoms with van der Waals surface area (Å²) in [5.41, 5.74) is 0.945. The topological polar surface area (TPSA) is 39.5 Å². The average Bonchev–Trinajstić information content (AvgIpc) is 2.56. The molecule has 2 unspecified atom stereocenters. The lowest BCUT2D eigenvalue weighted by Crippen LogP contribution is -2.51. The van der Waals surface area contributed by atoms with Crippen molar-refractivity contribution in [1.82, 2.24) is 9.80 Å². The lowest BCUT2D eigenvalue weighted by molar-refractivity contribution is 0.0773. The first-order chi connectivity index (χ1) is 11.1. The van der Waals surface area contributed by atoms with Gasteiger partial charge in [-0.1, -0.05) is 31.5 Å². The largest absolute Gasteiger partial charge is 0.492 e. The summed E-state index contributed by atoms with van der Waals surface area (Å²) in [5, 5.41) is 10.3. The fourth-order valence-electron chi connectivity index (χ4n) is 3.03. The molecule has 5 heteroatoms. The Bertz CT molecular complexity index is 558. The minimum Gasteiger partial charge on any atom is -0.492 e. The molecule has 0 radical (unpaired) electrons. The van der Waals surface area contributed by atoms with E-state index in [2.05, 4.69) is 36.8 Å². The summed E-state index contributed by atoms with van der Waals surface area (Å²) in [4.78, 5) is 4.63. The van der Waals surface area contributed by atoms with Crippen LogP contribution in [0.25, 0.3) is 0 Å². The SMILES string of the molecule is CCCOc1ccc(C(C#N)N2CCN(C)C(CC)C2)cc1Cl. The van der Waals surface area contributed by atoms with Crippen molar-refractivity contribution in [3.05, 3.63) is 28.8 Å². The third kappa shape index (κ3) is 4.38. The van der Waals surface area contributed by atoms with Crippen LogP contribution in [-0.4, -0.2) is 49.1 Å². The highest BCUT2D eigenvalue weighted by Crippen LogP contribution is 2.31. The molecule has 0 aliphatic carbocycles. The lowest BCUT2D eigenvalue weighted by Gasteiger charge is -2.41. The summed E-state index contributed by atoms with van der Waals surface area (Å²) in [5.74, 6) is 0.693. The van der Waals surface area contributed by atoms with Crippen molar-refractivity contribution in [3.63, 3.8) is 0 Å². The Morgan fingerprint density at radius 2 is 2.17 bits per heavy atom. The molecule has 2 rings (SSSR count). The molecule has 0 amide bonds. The average molecular weight is 336 g/mol. The second kappa shape index (κ2) is 8.54. The van der Waals surface area contributed by atoms with Crippen LogP contribution in [0.2, 0.25) is 5.02 Å². The molecule has 1 aliphatic rings. The summed E-state index contributed by atoms with van der Waals surface area (Å²) in [7, 11) is 2.16. The maximum atomic E-state index is 9.68. The van der Waals surface area contributed by atoms with E-state index in [1.165, 1.54) is 0 Å². The fourth-order valence-corrected chi connectivity index (χ4v) is 3.27. The number of nitriles is 1. The van der Waals surface area contributed by atoms with Crippen LogP contribution in [-0.2, 0) is 0 Å². The van der Waals surface area contributed by atoms with E-state index in [0.717, 1.165) is 38.0 Å². The molecule has 1 aliphatic heterocycles. The Morgan fingerprint density at radius 3 is 2.78 bits per heavy atom. The van der Waals surface area contributed by atoms with Crippen molar-refractivity contribution >= 4 is 11.6 Å². The van der Waals surface area contributed by atoms with E-state index in [1.54, 1.807) is 0 Å². The van der Waals surface area contributed by atoms with Crippen LogP contribution in [0, 0.1) is 11.3 Å². The Morgan fingerprint density at radius 1 is 1.39 bits per heavy atom. The first kappa shape index (κ1) is 18.1. The minimum absolute atomic E-state index is 0.254. The lowest BCUT2D eigenvalue weighted by atomic mass is 10.0. The summed E-state index contributed by atoms with van der Waals surface area (Å²) in [6, 6.07) is 8.41. The number of hydrogen-bond donors (Lipinski definition) is 0. The predicted octanol–water partition coefficient (Wildman–Crippen LogP) is 3.72. The van der Waals surface area contributed by atoms with E-state index >= 15 is 0 Å². The van der Waals surface area contributed by atoms with Gasteiger partial charge in [-0.15, -0.1) is 0 Å². The van der Waals surface area contributed by atoms with Gasteiger partial charge in [0.15, 0.2) is 0 Å². The van der Waals surface area contributed by atoms with E-state index in [-0.39, 0.29) is 6.04 Å². The number of hydrogen-bond acceptors (Lipinski definition) is 4. The van der Waals surface area contributed by atoms with E-state index in [4.69, 9.17) is 16.3 Å². The number of nitrogens with zero attached hydrogens (tertiary/aromatic N) is 3. The smallest absolute Gasteiger partial charge is 0.137 e. The Kier molecular flexibility index (Phi) is 6.71.